The van der Waals surface area contributed by atoms with Gasteiger partial charge in [0.25, 0.3) is 5.91 Å². The van der Waals surface area contributed by atoms with Gasteiger partial charge in [-0.05, 0) is 31.2 Å². The van der Waals surface area contributed by atoms with Gasteiger partial charge in [-0.2, -0.15) is 5.10 Å². The summed E-state index contributed by atoms with van der Waals surface area (Å²) in [6, 6.07) is 15.7. The molecule has 1 N–H and O–H groups in total. The first-order valence-electron chi connectivity index (χ1n) is 7.92. The number of hydrazone groups is 1. The van der Waals surface area contributed by atoms with Crippen molar-refractivity contribution >= 4 is 34.7 Å². The molecule has 1 aliphatic heterocycles. The molecule has 2 amide bonds. The van der Waals surface area contributed by atoms with E-state index in [1.54, 1.807) is 48.5 Å². The molecule has 6 heteroatoms. The van der Waals surface area contributed by atoms with Gasteiger partial charge in [0.2, 0.25) is 5.91 Å². The van der Waals surface area contributed by atoms with E-state index in [4.69, 9.17) is 0 Å². The number of hydrogen-bond donors (Lipinski definition) is 1. The summed E-state index contributed by atoms with van der Waals surface area (Å²) in [4.78, 5) is 36.0. The lowest BCUT2D eigenvalue weighted by molar-refractivity contribution is -0.118. The second kappa shape index (κ2) is 7.09. The van der Waals surface area contributed by atoms with Gasteiger partial charge in [0, 0.05) is 24.1 Å². The van der Waals surface area contributed by atoms with Crippen molar-refractivity contribution in [3.8, 4) is 0 Å². The molecule has 0 aliphatic carbocycles. The molecule has 0 atom stereocenters. The fourth-order valence-corrected chi connectivity index (χ4v) is 2.51. The molecular formula is C19H17N3O3. The van der Waals surface area contributed by atoms with E-state index >= 15 is 0 Å². The zero-order valence-electron chi connectivity index (χ0n) is 13.7. The Morgan fingerprint density at radius 1 is 1.04 bits per heavy atom. The summed E-state index contributed by atoms with van der Waals surface area (Å²) in [7, 11) is 0. The summed E-state index contributed by atoms with van der Waals surface area (Å²) in [5.74, 6) is -0.609. The molecule has 0 fully saturated rings. The molecule has 0 radical (unpaired) electrons. The van der Waals surface area contributed by atoms with Crippen LogP contribution in [-0.4, -0.2) is 23.3 Å². The lowest BCUT2D eigenvalue weighted by atomic mass is 10.1. The first-order chi connectivity index (χ1) is 12.0. The van der Waals surface area contributed by atoms with Gasteiger partial charge in [0.1, 0.15) is 5.71 Å². The molecule has 0 bridgehead atoms. The molecule has 0 aromatic heterocycles. The molecule has 0 saturated heterocycles. The zero-order valence-corrected chi connectivity index (χ0v) is 13.7. The number of ketones is 1. The van der Waals surface area contributed by atoms with E-state index in [1.807, 2.05) is 6.07 Å². The Morgan fingerprint density at radius 3 is 2.52 bits per heavy atom. The monoisotopic (exact) mass is 335 g/mol. The van der Waals surface area contributed by atoms with Crippen LogP contribution >= 0.6 is 0 Å². The predicted molar refractivity (Wildman–Crippen MR) is 95.7 cm³/mol. The minimum atomic E-state index is -0.380. The Balaban J connectivity index is 1.81. The average molecular weight is 335 g/mol. The smallest absolute Gasteiger partial charge is 0.271 e. The van der Waals surface area contributed by atoms with Crippen LogP contribution in [0.1, 0.15) is 30.1 Å². The number of anilines is 2. The average Bonchev–Trinajstić information content (AvgIpc) is 2.63. The summed E-state index contributed by atoms with van der Waals surface area (Å²) in [6.07, 6.45) is 0.495. The molecular weight excluding hydrogens is 318 g/mol. The molecule has 2 aromatic rings. The van der Waals surface area contributed by atoms with Crippen molar-refractivity contribution in [1.82, 2.24) is 0 Å². The highest BCUT2D eigenvalue weighted by Crippen LogP contribution is 2.20. The van der Waals surface area contributed by atoms with Crippen LogP contribution in [0.15, 0.2) is 59.7 Å². The maximum atomic E-state index is 12.5. The molecule has 0 spiro atoms. The van der Waals surface area contributed by atoms with E-state index in [1.165, 1.54) is 11.9 Å². The third-order valence-electron chi connectivity index (χ3n) is 3.82. The third kappa shape index (κ3) is 3.80. The van der Waals surface area contributed by atoms with Crippen LogP contribution in [0, 0.1) is 0 Å². The minimum Gasteiger partial charge on any atom is -0.321 e. The maximum Gasteiger partial charge on any atom is 0.271 e. The van der Waals surface area contributed by atoms with Crippen molar-refractivity contribution in [2.45, 2.75) is 19.8 Å². The van der Waals surface area contributed by atoms with Crippen LogP contribution in [0.25, 0.3) is 0 Å². The first-order valence-corrected chi connectivity index (χ1v) is 7.92. The van der Waals surface area contributed by atoms with E-state index in [0.29, 0.717) is 16.9 Å². The number of rotatable bonds is 4. The Hall–Kier alpha value is -3.28. The van der Waals surface area contributed by atoms with Gasteiger partial charge in [-0.3, -0.25) is 14.4 Å². The maximum absolute atomic E-state index is 12.5. The molecule has 3 rings (SSSR count). The largest absolute Gasteiger partial charge is 0.321 e. The second-order valence-corrected chi connectivity index (χ2v) is 5.68. The first kappa shape index (κ1) is 16.6. The van der Waals surface area contributed by atoms with Gasteiger partial charge in [0.15, 0.2) is 5.78 Å². The molecule has 126 valence electrons. The van der Waals surface area contributed by atoms with Gasteiger partial charge >= 0.3 is 0 Å². The molecule has 0 saturated carbocycles. The van der Waals surface area contributed by atoms with E-state index in [0.717, 1.165) is 0 Å². The Morgan fingerprint density at radius 2 is 1.80 bits per heavy atom. The van der Waals surface area contributed by atoms with Crippen LogP contribution in [0.4, 0.5) is 11.4 Å². The van der Waals surface area contributed by atoms with Gasteiger partial charge in [0.05, 0.1) is 5.69 Å². The highest BCUT2D eigenvalue weighted by atomic mass is 16.2. The number of carbonyl (C=O) groups is 3. The number of nitrogens with zero attached hydrogens (tertiary/aromatic N) is 2. The number of benzene rings is 2. The van der Waals surface area contributed by atoms with Gasteiger partial charge < -0.3 is 5.32 Å². The quantitative estimate of drug-likeness (QED) is 0.872. The normalized spacial score (nSPS) is 14.0. The number of carbonyl (C=O) groups excluding carboxylic acids is 3. The lowest BCUT2D eigenvalue weighted by Gasteiger charge is -2.23. The van der Waals surface area contributed by atoms with E-state index in [9.17, 15) is 14.4 Å². The minimum absolute atomic E-state index is 0.0769. The number of amides is 2. The highest BCUT2D eigenvalue weighted by molar-refractivity contribution is 6.44. The number of Topliss-reactive ketones (excluding diaryl/α,β-unsaturated/α-hetero) is 1. The third-order valence-corrected chi connectivity index (χ3v) is 3.82. The van der Waals surface area contributed by atoms with Crippen molar-refractivity contribution in [3.63, 3.8) is 0 Å². The summed E-state index contributed by atoms with van der Waals surface area (Å²) in [5.41, 5.74) is 1.93. The molecule has 25 heavy (non-hydrogen) atoms. The van der Waals surface area contributed by atoms with Crippen LogP contribution in [0.5, 0.6) is 0 Å². The summed E-state index contributed by atoms with van der Waals surface area (Å²) in [5, 5.41) is 8.20. The second-order valence-electron chi connectivity index (χ2n) is 5.68. The lowest BCUT2D eigenvalue weighted by Crippen LogP contribution is -2.36. The number of para-hydroxylation sites is 1. The molecule has 2 aromatic carbocycles. The Kier molecular flexibility index (Phi) is 4.70. The fraction of sp³-hybridized carbons (Fsp3) is 0.158. The Labute approximate surface area is 145 Å². The van der Waals surface area contributed by atoms with Crippen LogP contribution in [0.2, 0.25) is 0 Å². The van der Waals surface area contributed by atoms with Crippen molar-refractivity contribution in [3.05, 3.63) is 60.2 Å². The topological polar surface area (TPSA) is 78.8 Å². The standard InChI is InChI=1S/C19H17N3O3/c1-13(23)14-6-5-7-15(12-14)20-19(25)17-10-11-18(24)22(21-17)16-8-3-2-4-9-16/h2-9,12H,10-11H2,1H3,(H,20,25). The van der Waals surface area contributed by atoms with E-state index < -0.39 is 0 Å². The summed E-state index contributed by atoms with van der Waals surface area (Å²) < 4.78 is 0. The zero-order chi connectivity index (χ0) is 17.8. The Bertz CT molecular complexity index is 859. The summed E-state index contributed by atoms with van der Waals surface area (Å²) in [6.45, 7) is 1.47. The van der Waals surface area contributed by atoms with Crippen LogP contribution in [0.3, 0.4) is 0 Å². The highest BCUT2D eigenvalue weighted by Gasteiger charge is 2.25. The van der Waals surface area contributed by atoms with Gasteiger partial charge in [-0.25, -0.2) is 5.01 Å². The van der Waals surface area contributed by atoms with Crippen molar-refractivity contribution in [2.75, 3.05) is 10.3 Å². The number of nitrogens with one attached hydrogen (secondary N) is 1. The molecule has 0 unspecified atom stereocenters. The SMILES string of the molecule is CC(=O)c1cccc(NC(=O)C2=NN(c3ccccc3)C(=O)CC2)c1. The van der Waals surface area contributed by atoms with E-state index in [2.05, 4.69) is 10.4 Å². The summed E-state index contributed by atoms with van der Waals surface area (Å²) >= 11 is 0. The van der Waals surface area contributed by atoms with Gasteiger partial charge in [-0.15, -0.1) is 0 Å². The number of hydrogen-bond acceptors (Lipinski definition) is 4. The van der Waals surface area contributed by atoms with Crippen molar-refractivity contribution < 1.29 is 14.4 Å². The molecule has 1 heterocycles. The van der Waals surface area contributed by atoms with Crippen molar-refractivity contribution in [1.29, 1.82) is 0 Å². The van der Waals surface area contributed by atoms with Gasteiger partial charge in [-0.1, -0.05) is 30.3 Å². The fourth-order valence-electron chi connectivity index (χ4n) is 2.51. The van der Waals surface area contributed by atoms with E-state index in [-0.39, 0.29) is 36.2 Å². The van der Waals surface area contributed by atoms with Crippen LogP contribution in [-0.2, 0) is 9.59 Å². The predicted octanol–water partition coefficient (Wildman–Crippen LogP) is 3.01. The molecule has 6 nitrogen and oxygen atoms in total. The van der Waals surface area contributed by atoms with Crippen molar-refractivity contribution in [2.24, 2.45) is 5.10 Å². The molecule has 1 aliphatic rings. The van der Waals surface area contributed by atoms with Crippen LogP contribution < -0.4 is 10.3 Å².